The van der Waals surface area contributed by atoms with Crippen molar-refractivity contribution < 1.29 is 9.28 Å². The van der Waals surface area contributed by atoms with Crippen molar-refractivity contribution in [3.05, 3.63) is 36.2 Å². The molecular formula is C19H21FN4O. The first-order valence-electron chi connectivity index (χ1n) is 8.69. The van der Waals surface area contributed by atoms with Gasteiger partial charge in [0.2, 0.25) is 0 Å². The molecule has 6 heteroatoms. The zero-order valence-electron chi connectivity index (χ0n) is 14.1. The Balaban J connectivity index is 1.76. The Bertz CT molecular complexity index is 943. The normalized spacial score (nSPS) is 20.9. The summed E-state index contributed by atoms with van der Waals surface area (Å²) in [5.41, 5.74) is 7.78. The number of anilines is 1. The average Bonchev–Trinajstić information content (AvgIpc) is 2.99. The molecule has 0 aliphatic heterocycles. The molecule has 1 aliphatic rings. The third kappa shape index (κ3) is 2.71. The molecule has 1 saturated carbocycles. The maximum absolute atomic E-state index is 14.9. The monoisotopic (exact) mass is 340 g/mol. The highest BCUT2D eigenvalue weighted by atomic mass is 19.2. The van der Waals surface area contributed by atoms with Crippen LogP contribution in [0, 0.1) is 5.92 Å². The van der Waals surface area contributed by atoms with Crippen LogP contribution in [0.3, 0.4) is 0 Å². The number of hydrogen-bond donors (Lipinski definition) is 2. The molecule has 3 N–H and O–H groups in total. The Kier molecular flexibility index (Phi) is 3.82. The summed E-state index contributed by atoms with van der Waals surface area (Å²) in [5, 5.41) is 2.52. The van der Waals surface area contributed by atoms with E-state index in [1.54, 1.807) is 12.3 Å². The first-order valence-corrected chi connectivity index (χ1v) is 8.69. The van der Waals surface area contributed by atoms with E-state index in [1.165, 1.54) is 6.20 Å². The largest absolute Gasteiger partial charge is 0.365 e. The van der Waals surface area contributed by atoms with Crippen molar-refractivity contribution in [2.24, 2.45) is 11.7 Å². The molecule has 0 atom stereocenters. The van der Waals surface area contributed by atoms with Crippen molar-refractivity contribution in [1.29, 1.82) is 0 Å². The summed E-state index contributed by atoms with van der Waals surface area (Å²) >= 11 is 0. The zero-order valence-corrected chi connectivity index (χ0v) is 14.1. The van der Waals surface area contributed by atoms with Gasteiger partial charge in [-0.15, -0.1) is 0 Å². The summed E-state index contributed by atoms with van der Waals surface area (Å²) in [6.07, 6.45) is 6.99. The minimum Gasteiger partial charge on any atom is -0.365 e. The number of benzene rings is 1. The van der Waals surface area contributed by atoms with Crippen LogP contribution in [0.15, 0.2) is 30.6 Å². The lowest BCUT2D eigenvalue weighted by atomic mass is 9.87. The van der Waals surface area contributed by atoms with Gasteiger partial charge in [-0.2, -0.15) is 0 Å². The Morgan fingerprint density at radius 1 is 1.24 bits per heavy atom. The van der Waals surface area contributed by atoms with Crippen LogP contribution in [0.2, 0.25) is 0 Å². The lowest BCUT2D eigenvalue weighted by Crippen LogP contribution is -2.31. The first kappa shape index (κ1) is 15.9. The van der Waals surface area contributed by atoms with Crippen LogP contribution in [0.4, 0.5) is 10.2 Å². The van der Waals surface area contributed by atoms with E-state index in [2.05, 4.69) is 16.9 Å². The Morgan fingerprint density at radius 2 is 2.00 bits per heavy atom. The van der Waals surface area contributed by atoms with Gasteiger partial charge in [0.25, 0.3) is 5.91 Å². The van der Waals surface area contributed by atoms with Crippen LogP contribution in [0.5, 0.6) is 0 Å². The molecule has 3 aromatic rings. The van der Waals surface area contributed by atoms with Gasteiger partial charge >= 0.3 is 0 Å². The molecule has 0 unspecified atom stereocenters. The number of aromatic nitrogens is 2. The predicted octanol–water partition coefficient (Wildman–Crippen LogP) is 4.08. The molecule has 0 saturated heterocycles. The molecule has 1 aromatic carbocycles. The summed E-state index contributed by atoms with van der Waals surface area (Å²) in [6.45, 7) is 2.22. The van der Waals surface area contributed by atoms with E-state index in [0.717, 1.165) is 47.1 Å². The highest BCUT2D eigenvalue weighted by Crippen LogP contribution is 2.34. The predicted molar refractivity (Wildman–Crippen MR) is 97.1 cm³/mol. The van der Waals surface area contributed by atoms with E-state index < -0.39 is 5.91 Å². The van der Waals surface area contributed by atoms with E-state index in [4.69, 9.17) is 5.73 Å². The van der Waals surface area contributed by atoms with Crippen molar-refractivity contribution in [1.82, 2.24) is 9.97 Å². The molecule has 1 amide bonds. The van der Waals surface area contributed by atoms with Gasteiger partial charge < -0.3 is 10.7 Å². The number of nitrogens with one attached hydrogen (secondary N) is 1. The van der Waals surface area contributed by atoms with E-state index in [-0.39, 0.29) is 6.04 Å². The average molecular weight is 340 g/mol. The summed E-state index contributed by atoms with van der Waals surface area (Å²) in [7, 11) is 0. The summed E-state index contributed by atoms with van der Waals surface area (Å²) in [4.78, 5) is 18.9. The van der Waals surface area contributed by atoms with Gasteiger partial charge in [-0.25, -0.2) is 5.12 Å². The number of nitrogens with zero attached hydrogens (tertiary/aromatic N) is 2. The fourth-order valence-corrected chi connectivity index (χ4v) is 3.80. The van der Waals surface area contributed by atoms with E-state index in [9.17, 15) is 9.28 Å². The van der Waals surface area contributed by atoms with Gasteiger partial charge in [-0.05, 0) is 49.8 Å². The van der Waals surface area contributed by atoms with Gasteiger partial charge in [0.15, 0.2) is 0 Å². The quantitative estimate of drug-likeness (QED) is 0.705. The van der Waals surface area contributed by atoms with Gasteiger partial charge in [-0.3, -0.25) is 9.78 Å². The minimum absolute atomic E-state index is 0.0711. The van der Waals surface area contributed by atoms with Crippen LogP contribution in [0.1, 0.15) is 43.0 Å². The van der Waals surface area contributed by atoms with Gasteiger partial charge in [0.05, 0.1) is 22.8 Å². The lowest BCUT2D eigenvalue weighted by Gasteiger charge is -2.31. The summed E-state index contributed by atoms with van der Waals surface area (Å²) in [6, 6.07) is 5.36. The third-order valence-electron chi connectivity index (χ3n) is 5.32. The number of nitrogens with two attached hydrogens (primary N) is 1. The molecule has 25 heavy (non-hydrogen) atoms. The number of carbonyl (C=O) groups is 1. The second-order valence-electron chi connectivity index (χ2n) is 7.05. The van der Waals surface area contributed by atoms with Gasteiger partial charge in [0, 0.05) is 28.7 Å². The number of hydrogen-bond acceptors (Lipinski definition) is 3. The Labute approximate surface area is 144 Å². The highest BCUT2D eigenvalue weighted by molar-refractivity contribution is 6.14. The molecule has 1 fully saturated rings. The number of amides is 1. The number of fused-ring (bicyclic) bond motifs is 3. The fourth-order valence-electron chi connectivity index (χ4n) is 3.80. The number of H-pyrrole nitrogens is 1. The van der Waals surface area contributed by atoms with Crippen molar-refractivity contribution in [3.8, 4) is 0 Å². The van der Waals surface area contributed by atoms with Crippen LogP contribution in [-0.2, 0) is 0 Å². The van der Waals surface area contributed by atoms with Crippen molar-refractivity contribution in [2.75, 3.05) is 5.12 Å². The molecule has 0 spiro atoms. The first-order chi connectivity index (χ1) is 12.0. The highest BCUT2D eigenvalue weighted by Gasteiger charge is 2.25. The third-order valence-corrected chi connectivity index (χ3v) is 5.32. The lowest BCUT2D eigenvalue weighted by molar-refractivity contribution is 0.100. The van der Waals surface area contributed by atoms with Crippen LogP contribution in [0.25, 0.3) is 21.8 Å². The smallest absolute Gasteiger partial charge is 0.252 e. The van der Waals surface area contributed by atoms with Crippen LogP contribution >= 0.6 is 0 Å². The molecule has 0 radical (unpaired) electrons. The fraction of sp³-hybridized carbons (Fsp3) is 0.368. The van der Waals surface area contributed by atoms with Gasteiger partial charge in [0.1, 0.15) is 0 Å². The SMILES string of the molecule is CC1CCC(N(F)c2ccc3[nH]c4c(C(N)=O)cncc4c3c2)CC1. The summed E-state index contributed by atoms with van der Waals surface area (Å²) in [5.74, 6) is 0.146. The van der Waals surface area contributed by atoms with Crippen molar-refractivity contribution in [3.63, 3.8) is 0 Å². The maximum atomic E-state index is 14.9. The van der Waals surface area contributed by atoms with Crippen LogP contribution in [-0.4, -0.2) is 21.9 Å². The molecule has 2 heterocycles. The number of rotatable bonds is 3. The molecule has 5 nitrogen and oxygen atoms in total. The number of primary amides is 1. The molecule has 1 aliphatic carbocycles. The molecule has 2 aromatic heterocycles. The standard InChI is InChI=1S/C19H21FN4O/c1-11-2-4-12(5-3-11)24(20)13-6-7-17-14(8-13)15-9-22-10-16(19(21)25)18(15)23-17/h6-12,23H,2-5H2,1H3,(H2,21,25). The number of halogens is 1. The molecule has 130 valence electrons. The van der Waals surface area contributed by atoms with Crippen molar-refractivity contribution >= 4 is 33.4 Å². The van der Waals surface area contributed by atoms with Crippen LogP contribution < -0.4 is 10.9 Å². The van der Waals surface area contributed by atoms with Gasteiger partial charge in [-0.1, -0.05) is 11.4 Å². The van der Waals surface area contributed by atoms with E-state index in [0.29, 0.717) is 22.7 Å². The number of pyridine rings is 1. The number of aromatic amines is 1. The molecular weight excluding hydrogens is 319 g/mol. The van der Waals surface area contributed by atoms with Crippen molar-refractivity contribution in [2.45, 2.75) is 38.6 Å². The molecule has 0 bridgehead atoms. The molecule has 4 rings (SSSR count). The summed E-state index contributed by atoms with van der Waals surface area (Å²) < 4.78 is 14.9. The Hall–Kier alpha value is -2.63. The minimum atomic E-state index is -0.534. The second kappa shape index (κ2) is 6.02. The topological polar surface area (TPSA) is 75.0 Å². The van der Waals surface area contributed by atoms with E-state index in [1.807, 2.05) is 12.1 Å². The Morgan fingerprint density at radius 3 is 2.72 bits per heavy atom. The van der Waals surface area contributed by atoms with E-state index >= 15 is 0 Å². The second-order valence-corrected chi connectivity index (χ2v) is 7.05. The zero-order chi connectivity index (χ0) is 17.6. The number of carbonyl (C=O) groups excluding carboxylic acids is 1. The maximum Gasteiger partial charge on any atom is 0.252 e.